The number of piperazine rings is 1. The van der Waals surface area contributed by atoms with E-state index in [2.05, 4.69) is 22.8 Å². The minimum absolute atomic E-state index is 0.213. The summed E-state index contributed by atoms with van der Waals surface area (Å²) >= 11 is 0. The van der Waals surface area contributed by atoms with Gasteiger partial charge in [-0.05, 0) is 54.7 Å². The number of esters is 2. The zero-order valence-corrected chi connectivity index (χ0v) is 19.2. The van der Waals surface area contributed by atoms with Gasteiger partial charge >= 0.3 is 11.9 Å². The van der Waals surface area contributed by atoms with Gasteiger partial charge in [0.25, 0.3) is 0 Å². The van der Waals surface area contributed by atoms with Crippen LogP contribution in [0.25, 0.3) is 0 Å². The highest BCUT2D eigenvalue weighted by atomic mass is 16.5. The van der Waals surface area contributed by atoms with E-state index >= 15 is 0 Å². The molecule has 0 aliphatic carbocycles. The zero-order valence-electron chi connectivity index (χ0n) is 19.2. The zero-order chi connectivity index (χ0) is 23.1. The highest BCUT2D eigenvalue weighted by molar-refractivity contribution is 5.94. The summed E-state index contributed by atoms with van der Waals surface area (Å²) in [6, 6.07) is 7.59. The molecule has 7 nitrogen and oxygen atoms in total. The molecule has 2 aromatic rings. The molecule has 5 rings (SSSR count). The summed E-state index contributed by atoms with van der Waals surface area (Å²) in [5.41, 5.74) is 7.56. The number of nitrogens with zero attached hydrogens (tertiary/aromatic N) is 2. The third-order valence-corrected chi connectivity index (χ3v) is 7.44. The van der Waals surface area contributed by atoms with Crippen LogP contribution < -0.4 is 0 Å². The van der Waals surface area contributed by atoms with Gasteiger partial charge < -0.3 is 19.5 Å². The number of cyclic esters (lactones) is 2. The monoisotopic (exact) mass is 450 g/mol. The molecule has 2 aromatic carbocycles. The second kappa shape index (κ2) is 8.89. The lowest BCUT2D eigenvalue weighted by atomic mass is 9.95. The third-order valence-electron chi connectivity index (χ3n) is 7.44. The van der Waals surface area contributed by atoms with E-state index in [1.54, 1.807) is 6.07 Å². The van der Waals surface area contributed by atoms with Crippen molar-refractivity contribution in [2.75, 3.05) is 39.3 Å². The Hall–Kier alpha value is -2.74. The summed E-state index contributed by atoms with van der Waals surface area (Å²) < 4.78 is 10.3. The number of fused-ring (bicyclic) bond motifs is 2. The number of ether oxygens (including phenoxy) is 2. The number of aliphatic hydroxyl groups excluding tert-OH is 1. The Bertz CT molecular complexity index is 1100. The molecule has 1 N–H and O–H groups in total. The van der Waals surface area contributed by atoms with Crippen molar-refractivity contribution in [3.8, 4) is 0 Å². The molecule has 3 aliphatic heterocycles. The standard InChI is InChI=1S/C26H30N2O5/c1-16-18(3-4-20-22(16)14-32-25(20)30)7-8-27-9-11-28(12-10-27)13-24(29)19-5-6-21-23(17(19)2)15-33-26(21)31/h3-6,24,29H,7-15H2,1-2H3/t24-/m1/s1. The molecular weight excluding hydrogens is 420 g/mol. The van der Waals surface area contributed by atoms with Gasteiger partial charge in [0, 0.05) is 50.4 Å². The third kappa shape index (κ3) is 4.16. The molecule has 0 unspecified atom stereocenters. The van der Waals surface area contributed by atoms with Crippen LogP contribution in [0, 0.1) is 13.8 Å². The SMILES string of the molecule is Cc1c(CCN2CCN(C[C@@H](O)c3ccc4c(c3C)COC4=O)CC2)ccc2c1COC2=O. The first-order valence-corrected chi connectivity index (χ1v) is 11.6. The minimum atomic E-state index is -0.587. The van der Waals surface area contributed by atoms with Crippen molar-refractivity contribution in [2.24, 2.45) is 0 Å². The van der Waals surface area contributed by atoms with Crippen LogP contribution in [0.15, 0.2) is 24.3 Å². The smallest absolute Gasteiger partial charge is 0.338 e. The Kier molecular flexibility index (Phi) is 5.95. The Balaban J connectivity index is 1.13. The summed E-state index contributed by atoms with van der Waals surface area (Å²) in [5.74, 6) is -0.489. The lowest BCUT2D eigenvalue weighted by Gasteiger charge is -2.36. The maximum Gasteiger partial charge on any atom is 0.338 e. The van der Waals surface area contributed by atoms with Crippen molar-refractivity contribution in [2.45, 2.75) is 39.6 Å². The van der Waals surface area contributed by atoms with Gasteiger partial charge in [0.1, 0.15) is 13.2 Å². The van der Waals surface area contributed by atoms with Crippen molar-refractivity contribution < 1.29 is 24.2 Å². The number of hydrogen-bond donors (Lipinski definition) is 1. The number of carbonyl (C=O) groups excluding carboxylic acids is 2. The first kappa shape index (κ1) is 22.1. The average Bonchev–Trinajstić information content (AvgIpc) is 3.38. The lowest BCUT2D eigenvalue weighted by molar-refractivity contribution is 0.0525. The lowest BCUT2D eigenvalue weighted by Crippen LogP contribution is -2.48. The number of benzene rings is 2. The van der Waals surface area contributed by atoms with Crippen LogP contribution in [0.2, 0.25) is 0 Å². The molecule has 1 saturated heterocycles. The Morgan fingerprint density at radius 2 is 1.42 bits per heavy atom. The minimum Gasteiger partial charge on any atom is -0.457 e. The van der Waals surface area contributed by atoms with Crippen molar-refractivity contribution in [1.29, 1.82) is 0 Å². The van der Waals surface area contributed by atoms with Gasteiger partial charge in [-0.3, -0.25) is 4.90 Å². The van der Waals surface area contributed by atoms with E-state index in [-0.39, 0.29) is 11.9 Å². The number of carbonyl (C=O) groups is 2. The first-order chi connectivity index (χ1) is 15.9. The normalized spacial score (nSPS) is 19.2. The molecule has 0 radical (unpaired) electrons. The molecule has 3 aliphatic rings. The Morgan fingerprint density at radius 3 is 2.09 bits per heavy atom. The van der Waals surface area contributed by atoms with Gasteiger partial charge in [-0.25, -0.2) is 9.59 Å². The van der Waals surface area contributed by atoms with Gasteiger partial charge in [-0.15, -0.1) is 0 Å². The maximum atomic E-state index is 11.8. The second-order valence-electron chi connectivity index (χ2n) is 9.24. The van der Waals surface area contributed by atoms with Crippen LogP contribution in [0.5, 0.6) is 0 Å². The van der Waals surface area contributed by atoms with Crippen LogP contribution in [0.3, 0.4) is 0 Å². The second-order valence-corrected chi connectivity index (χ2v) is 9.24. The van der Waals surface area contributed by atoms with Gasteiger partial charge in [-0.2, -0.15) is 0 Å². The molecule has 0 bridgehead atoms. The van der Waals surface area contributed by atoms with E-state index in [9.17, 15) is 14.7 Å². The number of rotatable bonds is 6. The van der Waals surface area contributed by atoms with E-state index in [4.69, 9.17) is 9.47 Å². The highest BCUT2D eigenvalue weighted by Crippen LogP contribution is 2.30. The van der Waals surface area contributed by atoms with Crippen molar-refractivity contribution in [3.05, 3.63) is 68.8 Å². The van der Waals surface area contributed by atoms with E-state index in [1.807, 2.05) is 19.1 Å². The van der Waals surface area contributed by atoms with E-state index < -0.39 is 6.10 Å². The fourth-order valence-corrected chi connectivity index (χ4v) is 5.21. The first-order valence-electron chi connectivity index (χ1n) is 11.6. The molecule has 3 heterocycles. The molecular formula is C26H30N2O5. The van der Waals surface area contributed by atoms with Gasteiger partial charge in [0.05, 0.1) is 17.2 Å². The summed E-state index contributed by atoms with van der Waals surface area (Å²) in [6.07, 6.45) is 0.363. The van der Waals surface area contributed by atoms with Gasteiger partial charge in [-0.1, -0.05) is 12.1 Å². The molecule has 174 valence electrons. The van der Waals surface area contributed by atoms with Crippen LogP contribution in [0.1, 0.15) is 60.2 Å². The van der Waals surface area contributed by atoms with Gasteiger partial charge in [0.2, 0.25) is 0 Å². The van der Waals surface area contributed by atoms with Crippen molar-refractivity contribution >= 4 is 11.9 Å². The summed E-state index contributed by atoms with van der Waals surface area (Å²) in [7, 11) is 0. The molecule has 0 saturated carbocycles. The molecule has 0 amide bonds. The molecule has 1 fully saturated rings. The van der Waals surface area contributed by atoms with E-state index in [0.29, 0.717) is 30.9 Å². The van der Waals surface area contributed by atoms with Gasteiger partial charge in [0.15, 0.2) is 0 Å². The predicted molar refractivity (Wildman–Crippen MR) is 122 cm³/mol. The highest BCUT2D eigenvalue weighted by Gasteiger charge is 2.27. The van der Waals surface area contributed by atoms with Crippen molar-refractivity contribution in [3.63, 3.8) is 0 Å². The predicted octanol–water partition coefficient (Wildman–Crippen LogP) is 2.54. The Morgan fingerprint density at radius 1 is 0.848 bits per heavy atom. The quantitative estimate of drug-likeness (QED) is 0.678. The molecule has 0 aromatic heterocycles. The fraction of sp³-hybridized carbons (Fsp3) is 0.462. The molecule has 33 heavy (non-hydrogen) atoms. The van der Waals surface area contributed by atoms with Crippen LogP contribution in [0.4, 0.5) is 0 Å². The molecule has 0 spiro atoms. The number of aliphatic hydroxyl groups is 1. The fourth-order valence-electron chi connectivity index (χ4n) is 5.21. The van der Waals surface area contributed by atoms with Crippen LogP contribution in [-0.4, -0.2) is 66.1 Å². The molecule has 7 heteroatoms. The van der Waals surface area contributed by atoms with E-state index in [1.165, 1.54) is 11.1 Å². The average molecular weight is 451 g/mol. The van der Waals surface area contributed by atoms with E-state index in [0.717, 1.165) is 61.4 Å². The van der Waals surface area contributed by atoms with Crippen molar-refractivity contribution in [1.82, 2.24) is 9.80 Å². The Labute approximate surface area is 193 Å². The number of hydrogen-bond acceptors (Lipinski definition) is 7. The maximum absolute atomic E-state index is 11.8. The topological polar surface area (TPSA) is 79.3 Å². The summed E-state index contributed by atoms with van der Waals surface area (Å²) in [4.78, 5) is 28.3. The number of β-amino-alcohol motifs (C(OH)–C–C–N with tert-alkyl or cyclic N) is 1. The molecule has 1 atom stereocenters. The van der Waals surface area contributed by atoms with Crippen LogP contribution >= 0.6 is 0 Å². The van der Waals surface area contributed by atoms with Crippen LogP contribution in [-0.2, 0) is 29.1 Å². The summed E-state index contributed by atoms with van der Waals surface area (Å²) in [6.45, 7) is 10.0. The largest absolute Gasteiger partial charge is 0.457 e. The summed E-state index contributed by atoms with van der Waals surface area (Å²) in [5, 5.41) is 10.9.